The first-order chi connectivity index (χ1) is 8.34. The van der Waals surface area contributed by atoms with Gasteiger partial charge in [-0.05, 0) is 36.8 Å². The summed E-state index contributed by atoms with van der Waals surface area (Å²) in [6.07, 6.45) is 10.9. The number of fused-ring (bicyclic) bond motifs is 1. The van der Waals surface area contributed by atoms with Gasteiger partial charge in [0.05, 0.1) is 5.69 Å². The topological polar surface area (TPSA) is 12.9 Å². The van der Waals surface area contributed by atoms with E-state index in [0.717, 1.165) is 18.5 Å². The Morgan fingerprint density at radius 3 is 2.88 bits per heavy atom. The van der Waals surface area contributed by atoms with Crippen molar-refractivity contribution in [1.82, 2.24) is 4.98 Å². The molecule has 0 radical (unpaired) electrons. The molecule has 1 aromatic heterocycles. The second kappa shape index (κ2) is 4.17. The standard InChI is InChI=1S/C16H15N/c1-12-7-8-15-14(11-12)9-10-17-16(15)13-5-3-2-4-6-13/h3,5-11H,2,4H2,1H3. The number of aryl methyl sites for hydroxylation is 1. The predicted molar refractivity (Wildman–Crippen MR) is 72.8 cm³/mol. The molecule has 3 rings (SSSR count). The molecule has 0 amide bonds. The van der Waals surface area contributed by atoms with E-state index in [-0.39, 0.29) is 0 Å². The molecule has 0 saturated heterocycles. The number of allylic oxidation sites excluding steroid dienone is 4. The number of hydrogen-bond donors (Lipinski definition) is 0. The Labute approximate surface area is 102 Å². The molecule has 2 aromatic rings. The van der Waals surface area contributed by atoms with Gasteiger partial charge in [-0.2, -0.15) is 0 Å². The Kier molecular flexibility index (Phi) is 2.52. The third-order valence-electron chi connectivity index (χ3n) is 3.19. The molecule has 0 aliphatic heterocycles. The van der Waals surface area contributed by atoms with Gasteiger partial charge >= 0.3 is 0 Å². The van der Waals surface area contributed by atoms with E-state index in [9.17, 15) is 0 Å². The van der Waals surface area contributed by atoms with Crippen LogP contribution in [0, 0.1) is 6.92 Å². The van der Waals surface area contributed by atoms with Crippen molar-refractivity contribution in [1.29, 1.82) is 0 Å². The molecule has 1 aromatic carbocycles. The molecule has 84 valence electrons. The molecule has 0 fully saturated rings. The highest BCUT2D eigenvalue weighted by Crippen LogP contribution is 2.27. The molecular weight excluding hydrogens is 206 g/mol. The molecule has 1 nitrogen and oxygen atoms in total. The molecule has 1 heterocycles. The van der Waals surface area contributed by atoms with Gasteiger partial charge in [0.2, 0.25) is 0 Å². The average molecular weight is 221 g/mol. The van der Waals surface area contributed by atoms with Crippen LogP contribution in [-0.2, 0) is 0 Å². The van der Waals surface area contributed by atoms with Crippen LogP contribution in [0.4, 0.5) is 0 Å². The Hall–Kier alpha value is -1.89. The van der Waals surface area contributed by atoms with E-state index in [2.05, 4.69) is 54.4 Å². The van der Waals surface area contributed by atoms with Crippen molar-refractivity contribution in [3.05, 3.63) is 59.9 Å². The minimum Gasteiger partial charge on any atom is -0.256 e. The highest BCUT2D eigenvalue weighted by molar-refractivity contribution is 5.94. The molecule has 0 unspecified atom stereocenters. The molecule has 1 aliphatic carbocycles. The van der Waals surface area contributed by atoms with E-state index < -0.39 is 0 Å². The fraction of sp³-hybridized carbons (Fsp3) is 0.188. The van der Waals surface area contributed by atoms with Crippen LogP contribution in [0.25, 0.3) is 16.3 Å². The Bertz CT molecular complexity index is 620. The minimum absolute atomic E-state index is 1.11. The van der Waals surface area contributed by atoms with E-state index in [0.29, 0.717) is 0 Å². The van der Waals surface area contributed by atoms with E-state index >= 15 is 0 Å². The summed E-state index contributed by atoms with van der Waals surface area (Å²) in [5.74, 6) is 0. The van der Waals surface area contributed by atoms with Crippen molar-refractivity contribution in [2.45, 2.75) is 19.8 Å². The number of aromatic nitrogens is 1. The molecule has 0 N–H and O–H groups in total. The fourth-order valence-corrected chi connectivity index (χ4v) is 2.32. The third-order valence-corrected chi connectivity index (χ3v) is 3.19. The summed E-state index contributed by atoms with van der Waals surface area (Å²) >= 11 is 0. The fourth-order valence-electron chi connectivity index (χ4n) is 2.32. The summed E-state index contributed by atoms with van der Waals surface area (Å²) in [4.78, 5) is 4.54. The molecule has 1 heteroatoms. The Morgan fingerprint density at radius 2 is 2.06 bits per heavy atom. The summed E-state index contributed by atoms with van der Waals surface area (Å²) in [6.45, 7) is 2.12. The highest BCUT2D eigenvalue weighted by Gasteiger charge is 2.07. The van der Waals surface area contributed by atoms with Gasteiger partial charge in [0, 0.05) is 11.6 Å². The highest BCUT2D eigenvalue weighted by atomic mass is 14.7. The van der Waals surface area contributed by atoms with E-state index in [4.69, 9.17) is 0 Å². The lowest BCUT2D eigenvalue weighted by molar-refractivity contribution is 1.04. The smallest absolute Gasteiger partial charge is 0.0776 e. The first-order valence-corrected chi connectivity index (χ1v) is 6.07. The van der Waals surface area contributed by atoms with Gasteiger partial charge in [0.15, 0.2) is 0 Å². The van der Waals surface area contributed by atoms with Gasteiger partial charge in [-0.3, -0.25) is 4.98 Å². The van der Waals surface area contributed by atoms with Gasteiger partial charge in [-0.15, -0.1) is 0 Å². The average Bonchev–Trinajstić information content (AvgIpc) is 2.39. The molecule has 0 saturated carbocycles. The van der Waals surface area contributed by atoms with Crippen molar-refractivity contribution < 1.29 is 0 Å². The zero-order valence-electron chi connectivity index (χ0n) is 9.98. The summed E-state index contributed by atoms with van der Waals surface area (Å²) < 4.78 is 0. The molecule has 0 bridgehead atoms. The lowest BCUT2D eigenvalue weighted by Gasteiger charge is -2.09. The van der Waals surface area contributed by atoms with Crippen molar-refractivity contribution >= 4 is 16.3 Å². The summed E-state index contributed by atoms with van der Waals surface area (Å²) in [6, 6.07) is 8.63. The summed E-state index contributed by atoms with van der Waals surface area (Å²) in [7, 11) is 0. The second-order valence-corrected chi connectivity index (χ2v) is 4.52. The molecule has 0 atom stereocenters. The van der Waals surface area contributed by atoms with Crippen LogP contribution >= 0.6 is 0 Å². The molecular formula is C16H15N. The minimum atomic E-state index is 1.11. The van der Waals surface area contributed by atoms with Crippen LogP contribution in [0.5, 0.6) is 0 Å². The maximum atomic E-state index is 4.54. The van der Waals surface area contributed by atoms with E-state index in [1.54, 1.807) is 0 Å². The van der Waals surface area contributed by atoms with Crippen LogP contribution < -0.4 is 0 Å². The monoisotopic (exact) mass is 221 g/mol. The molecule has 1 aliphatic rings. The van der Waals surface area contributed by atoms with Gasteiger partial charge in [0.25, 0.3) is 0 Å². The van der Waals surface area contributed by atoms with Crippen LogP contribution in [0.1, 0.15) is 24.1 Å². The van der Waals surface area contributed by atoms with Crippen LogP contribution in [-0.4, -0.2) is 4.98 Å². The van der Waals surface area contributed by atoms with Gasteiger partial charge in [0.1, 0.15) is 0 Å². The number of rotatable bonds is 1. The zero-order chi connectivity index (χ0) is 11.7. The van der Waals surface area contributed by atoms with Crippen molar-refractivity contribution in [2.24, 2.45) is 0 Å². The second-order valence-electron chi connectivity index (χ2n) is 4.52. The maximum absolute atomic E-state index is 4.54. The van der Waals surface area contributed by atoms with Gasteiger partial charge in [-0.1, -0.05) is 42.0 Å². The number of pyridine rings is 1. The van der Waals surface area contributed by atoms with Crippen molar-refractivity contribution in [2.75, 3.05) is 0 Å². The number of hydrogen-bond acceptors (Lipinski definition) is 1. The number of benzene rings is 1. The van der Waals surface area contributed by atoms with Crippen molar-refractivity contribution in [3.63, 3.8) is 0 Å². The van der Waals surface area contributed by atoms with E-state index in [1.807, 2.05) is 6.20 Å². The van der Waals surface area contributed by atoms with Crippen LogP contribution in [0.3, 0.4) is 0 Å². The normalized spacial score (nSPS) is 15.0. The predicted octanol–water partition coefficient (Wildman–Crippen LogP) is 4.28. The van der Waals surface area contributed by atoms with Gasteiger partial charge in [-0.25, -0.2) is 0 Å². The SMILES string of the molecule is Cc1ccc2c(C3=CCCC=C3)nccc2c1. The maximum Gasteiger partial charge on any atom is 0.0776 e. The molecule has 0 spiro atoms. The lowest BCUT2D eigenvalue weighted by atomic mass is 9.98. The number of nitrogens with zero attached hydrogens (tertiary/aromatic N) is 1. The van der Waals surface area contributed by atoms with Crippen LogP contribution in [0.2, 0.25) is 0 Å². The third kappa shape index (κ3) is 1.89. The first kappa shape index (κ1) is 10.3. The largest absolute Gasteiger partial charge is 0.256 e. The molecule has 17 heavy (non-hydrogen) atoms. The Balaban J connectivity index is 2.23. The first-order valence-electron chi connectivity index (χ1n) is 6.07. The Morgan fingerprint density at radius 1 is 1.12 bits per heavy atom. The van der Waals surface area contributed by atoms with Crippen LogP contribution in [0.15, 0.2) is 48.7 Å². The lowest BCUT2D eigenvalue weighted by Crippen LogP contribution is -1.92. The summed E-state index contributed by atoms with van der Waals surface area (Å²) in [5.41, 5.74) is 3.66. The van der Waals surface area contributed by atoms with Crippen molar-refractivity contribution in [3.8, 4) is 0 Å². The zero-order valence-corrected chi connectivity index (χ0v) is 9.98. The van der Waals surface area contributed by atoms with E-state index in [1.165, 1.54) is 21.9 Å². The summed E-state index contributed by atoms with van der Waals surface area (Å²) in [5, 5.41) is 2.52. The quantitative estimate of drug-likeness (QED) is 0.700. The van der Waals surface area contributed by atoms with Gasteiger partial charge < -0.3 is 0 Å².